The molecule has 0 unspecified atom stereocenters. The minimum absolute atomic E-state index is 0.206. The number of nitrogens with zero attached hydrogens (tertiary/aromatic N) is 3. The van der Waals surface area contributed by atoms with Crippen LogP contribution >= 0.6 is 0 Å². The molecule has 2 aromatic rings. The number of amides is 2. The molecule has 0 saturated carbocycles. The zero-order valence-corrected chi connectivity index (χ0v) is 13.1. The van der Waals surface area contributed by atoms with Crippen molar-refractivity contribution in [3.05, 3.63) is 46.8 Å². The van der Waals surface area contributed by atoms with Crippen LogP contribution in [0.15, 0.2) is 18.5 Å². The van der Waals surface area contributed by atoms with Gasteiger partial charge in [-0.25, -0.2) is 14.2 Å². The Bertz CT molecular complexity index is 659. The lowest BCUT2D eigenvalue weighted by Gasteiger charge is -2.16. The van der Waals surface area contributed by atoms with Crippen molar-refractivity contribution in [2.24, 2.45) is 7.05 Å². The number of aromatic nitrogens is 3. The van der Waals surface area contributed by atoms with Gasteiger partial charge in [0.2, 0.25) is 0 Å². The van der Waals surface area contributed by atoms with E-state index in [1.807, 2.05) is 6.92 Å². The van der Waals surface area contributed by atoms with E-state index >= 15 is 0 Å². The van der Waals surface area contributed by atoms with E-state index in [1.165, 1.54) is 6.33 Å². The predicted molar refractivity (Wildman–Crippen MR) is 80.7 cm³/mol. The molecule has 0 aliphatic heterocycles. The molecule has 2 N–H and O–H groups in total. The highest BCUT2D eigenvalue weighted by Gasteiger charge is 2.13. The lowest BCUT2D eigenvalue weighted by Crippen LogP contribution is -2.37. The zero-order chi connectivity index (χ0) is 16.3. The van der Waals surface area contributed by atoms with Gasteiger partial charge in [-0.15, -0.1) is 0 Å². The molecule has 1 atom stereocenters. The van der Waals surface area contributed by atoms with Gasteiger partial charge in [-0.05, 0) is 37.5 Å². The number of carbonyl (C=O) groups is 1. The normalized spacial score (nSPS) is 12.0. The molecule has 22 heavy (non-hydrogen) atoms. The molecule has 0 saturated heterocycles. The molecule has 1 aromatic carbocycles. The monoisotopic (exact) mass is 305 g/mol. The first kappa shape index (κ1) is 15.9. The molecule has 0 aliphatic carbocycles. The molecular formula is C15H20FN5O. The molecule has 118 valence electrons. The molecule has 0 radical (unpaired) electrons. The van der Waals surface area contributed by atoms with Gasteiger partial charge in [-0.2, -0.15) is 5.10 Å². The summed E-state index contributed by atoms with van der Waals surface area (Å²) < 4.78 is 15.2. The summed E-state index contributed by atoms with van der Waals surface area (Å²) in [4.78, 5) is 15.9. The van der Waals surface area contributed by atoms with E-state index in [4.69, 9.17) is 0 Å². The minimum atomic E-state index is -0.310. The van der Waals surface area contributed by atoms with Gasteiger partial charge in [0, 0.05) is 7.05 Å². The van der Waals surface area contributed by atoms with Crippen molar-refractivity contribution in [3.8, 4) is 0 Å². The second kappa shape index (κ2) is 6.55. The lowest BCUT2D eigenvalue weighted by atomic mass is 10.0. The van der Waals surface area contributed by atoms with Crippen molar-refractivity contribution in [3.63, 3.8) is 0 Å². The summed E-state index contributed by atoms with van der Waals surface area (Å²) >= 11 is 0. The Morgan fingerprint density at radius 3 is 2.55 bits per heavy atom. The van der Waals surface area contributed by atoms with Gasteiger partial charge in [0.15, 0.2) is 0 Å². The van der Waals surface area contributed by atoms with E-state index in [0.29, 0.717) is 17.0 Å². The van der Waals surface area contributed by atoms with Gasteiger partial charge in [-0.3, -0.25) is 4.68 Å². The van der Waals surface area contributed by atoms with E-state index in [1.54, 1.807) is 37.7 Å². The molecule has 2 rings (SSSR count). The third kappa shape index (κ3) is 3.60. The smallest absolute Gasteiger partial charge is 0.315 e. The Morgan fingerprint density at radius 2 is 2.00 bits per heavy atom. The Kier molecular flexibility index (Phi) is 4.75. The van der Waals surface area contributed by atoms with Crippen LogP contribution in [0.2, 0.25) is 0 Å². The molecule has 0 spiro atoms. The van der Waals surface area contributed by atoms with E-state index in [0.717, 1.165) is 5.56 Å². The Hall–Kier alpha value is -2.44. The molecular weight excluding hydrogens is 285 g/mol. The number of rotatable bonds is 4. The van der Waals surface area contributed by atoms with Crippen LogP contribution in [0.3, 0.4) is 0 Å². The minimum Gasteiger partial charge on any atom is -0.332 e. The fourth-order valence-corrected chi connectivity index (χ4v) is 2.20. The first-order chi connectivity index (χ1) is 10.4. The van der Waals surface area contributed by atoms with Gasteiger partial charge >= 0.3 is 6.03 Å². The van der Waals surface area contributed by atoms with Crippen LogP contribution in [-0.4, -0.2) is 20.8 Å². The van der Waals surface area contributed by atoms with Crippen LogP contribution in [0.25, 0.3) is 0 Å². The van der Waals surface area contributed by atoms with Crippen LogP contribution in [0, 0.1) is 19.7 Å². The van der Waals surface area contributed by atoms with Crippen LogP contribution in [0.4, 0.5) is 9.18 Å². The van der Waals surface area contributed by atoms with Crippen molar-refractivity contribution in [2.75, 3.05) is 0 Å². The number of urea groups is 1. The van der Waals surface area contributed by atoms with Gasteiger partial charge in [0.1, 0.15) is 18.0 Å². The van der Waals surface area contributed by atoms with Gasteiger partial charge in [0.05, 0.1) is 12.6 Å². The average Bonchev–Trinajstić information content (AvgIpc) is 2.87. The highest BCUT2D eigenvalue weighted by atomic mass is 19.1. The number of nitrogens with one attached hydrogen (secondary N) is 2. The summed E-state index contributed by atoms with van der Waals surface area (Å²) in [5.74, 6) is 0.457. The quantitative estimate of drug-likeness (QED) is 0.909. The highest BCUT2D eigenvalue weighted by Crippen LogP contribution is 2.19. The maximum Gasteiger partial charge on any atom is 0.315 e. The summed E-state index contributed by atoms with van der Waals surface area (Å²) in [5.41, 5.74) is 2.01. The first-order valence-electron chi connectivity index (χ1n) is 7.02. The van der Waals surface area contributed by atoms with Crippen molar-refractivity contribution in [2.45, 2.75) is 33.4 Å². The fraction of sp³-hybridized carbons (Fsp3) is 0.400. The fourth-order valence-electron chi connectivity index (χ4n) is 2.20. The maximum absolute atomic E-state index is 13.6. The molecule has 6 nitrogen and oxygen atoms in total. The molecule has 0 bridgehead atoms. The van der Waals surface area contributed by atoms with Crippen LogP contribution in [-0.2, 0) is 13.6 Å². The van der Waals surface area contributed by atoms with Gasteiger partial charge in [0.25, 0.3) is 0 Å². The number of benzene rings is 1. The zero-order valence-electron chi connectivity index (χ0n) is 13.1. The van der Waals surface area contributed by atoms with Crippen molar-refractivity contribution >= 4 is 6.03 Å². The summed E-state index contributed by atoms with van der Waals surface area (Å²) in [6.45, 7) is 5.57. The summed E-state index contributed by atoms with van der Waals surface area (Å²) in [6, 6.07) is 2.96. The summed E-state index contributed by atoms with van der Waals surface area (Å²) in [6.07, 6.45) is 1.43. The Balaban J connectivity index is 1.95. The topological polar surface area (TPSA) is 71.8 Å². The molecule has 7 heteroatoms. The molecule has 1 aromatic heterocycles. The van der Waals surface area contributed by atoms with E-state index in [2.05, 4.69) is 20.7 Å². The van der Waals surface area contributed by atoms with Crippen molar-refractivity contribution in [1.82, 2.24) is 25.4 Å². The SMILES string of the molecule is Cc1cc([C@H](C)NC(=O)NCc2ncnn2C)cc(C)c1F. The van der Waals surface area contributed by atoms with Crippen LogP contribution in [0.1, 0.15) is 35.5 Å². The third-order valence-corrected chi connectivity index (χ3v) is 3.52. The first-order valence-corrected chi connectivity index (χ1v) is 7.02. The standard InChI is InChI=1S/C15H20FN5O/c1-9-5-12(6-10(2)14(9)16)11(3)20-15(22)17-7-13-18-8-19-21(13)4/h5-6,8,11H,7H2,1-4H3,(H2,17,20,22)/t11-/m0/s1. The number of aryl methyl sites for hydroxylation is 3. The third-order valence-electron chi connectivity index (χ3n) is 3.52. The van der Waals surface area contributed by atoms with E-state index in [9.17, 15) is 9.18 Å². The molecule has 0 fully saturated rings. The number of halogens is 1. The molecule has 0 aliphatic rings. The van der Waals surface area contributed by atoms with Crippen LogP contribution in [0.5, 0.6) is 0 Å². The largest absolute Gasteiger partial charge is 0.332 e. The summed E-state index contributed by atoms with van der Waals surface area (Å²) in [7, 11) is 1.76. The number of carbonyl (C=O) groups excluding carboxylic acids is 1. The van der Waals surface area contributed by atoms with Crippen molar-refractivity contribution < 1.29 is 9.18 Å². The predicted octanol–water partition coefficient (Wildman–Crippen LogP) is 2.13. The maximum atomic E-state index is 13.6. The Morgan fingerprint density at radius 1 is 1.36 bits per heavy atom. The molecule has 2 amide bonds. The second-order valence-corrected chi connectivity index (χ2v) is 5.32. The van der Waals surface area contributed by atoms with E-state index in [-0.39, 0.29) is 24.4 Å². The number of hydrogen-bond acceptors (Lipinski definition) is 3. The average molecular weight is 305 g/mol. The Labute approximate surface area is 128 Å². The van der Waals surface area contributed by atoms with Gasteiger partial charge < -0.3 is 10.6 Å². The second-order valence-electron chi connectivity index (χ2n) is 5.32. The highest BCUT2D eigenvalue weighted by molar-refractivity contribution is 5.74. The van der Waals surface area contributed by atoms with Crippen LogP contribution < -0.4 is 10.6 Å². The summed E-state index contributed by atoms with van der Waals surface area (Å²) in [5, 5.41) is 9.47. The lowest BCUT2D eigenvalue weighted by molar-refractivity contribution is 0.237. The van der Waals surface area contributed by atoms with E-state index < -0.39 is 0 Å². The van der Waals surface area contributed by atoms with Crippen molar-refractivity contribution in [1.29, 1.82) is 0 Å². The van der Waals surface area contributed by atoms with Gasteiger partial charge in [-0.1, -0.05) is 12.1 Å². The molecule has 1 heterocycles. The number of hydrogen-bond donors (Lipinski definition) is 2.